The molecular formula is C43H52F2N6O5SSi. The Balaban J connectivity index is 1.30. The SMILES string of the molecule is CCCSc1nc(N(C(=O)OC(C)(C)C)[C@@H]2C[C@H]2c2ccc(F)c(F)c2)c2nnn([C@@H]3C[C@H](CO)O[C@H]3CO[Si](c3ccccc3)(c3ccccc3)C(C)(C)C)c2n1. The van der Waals surface area contributed by atoms with Gasteiger partial charge in [-0.1, -0.05) is 111 Å². The van der Waals surface area contributed by atoms with E-state index in [2.05, 4.69) is 62.3 Å². The number of rotatable bonds is 13. The summed E-state index contributed by atoms with van der Waals surface area (Å²) in [4.78, 5) is 25.5. The van der Waals surface area contributed by atoms with Crippen molar-refractivity contribution in [2.24, 2.45) is 0 Å². The van der Waals surface area contributed by atoms with E-state index < -0.39 is 55.9 Å². The number of hydrogen-bond donors (Lipinski definition) is 1. The number of anilines is 1. The van der Waals surface area contributed by atoms with E-state index in [1.54, 1.807) is 25.5 Å². The number of amides is 1. The second-order valence-electron chi connectivity index (χ2n) is 17.1. The first-order valence-corrected chi connectivity index (χ1v) is 22.8. The van der Waals surface area contributed by atoms with Gasteiger partial charge in [-0.15, -0.1) is 5.10 Å². The molecule has 1 amide bonds. The van der Waals surface area contributed by atoms with Crippen LogP contribution in [0.15, 0.2) is 84.0 Å². The largest absolute Gasteiger partial charge is 0.443 e. The van der Waals surface area contributed by atoms with Gasteiger partial charge in [0.15, 0.2) is 33.8 Å². The van der Waals surface area contributed by atoms with E-state index in [0.29, 0.717) is 35.0 Å². The highest BCUT2D eigenvalue weighted by atomic mass is 32.2. The normalized spacial score (nSPS) is 21.0. The number of carbonyl (C=O) groups excluding carboxylic acids is 1. The van der Waals surface area contributed by atoms with Crippen molar-refractivity contribution in [3.63, 3.8) is 0 Å². The van der Waals surface area contributed by atoms with E-state index in [9.17, 15) is 18.7 Å². The monoisotopic (exact) mass is 830 g/mol. The molecule has 2 fully saturated rings. The maximum Gasteiger partial charge on any atom is 0.416 e. The molecule has 3 heterocycles. The van der Waals surface area contributed by atoms with Gasteiger partial charge in [-0.2, -0.15) is 0 Å². The predicted molar refractivity (Wildman–Crippen MR) is 223 cm³/mol. The van der Waals surface area contributed by atoms with Crippen molar-refractivity contribution >= 4 is 53.5 Å². The Morgan fingerprint density at radius 3 is 2.22 bits per heavy atom. The predicted octanol–water partition coefficient (Wildman–Crippen LogP) is 7.57. The molecule has 58 heavy (non-hydrogen) atoms. The second-order valence-corrected chi connectivity index (χ2v) is 22.4. The number of aliphatic hydroxyl groups excluding tert-OH is 1. The van der Waals surface area contributed by atoms with Crippen LogP contribution in [0.4, 0.5) is 19.4 Å². The number of benzene rings is 3. The van der Waals surface area contributed by atoms with Crippen LogP contribution < -0.4 is 15.3 Å². The van der Waals surface area contributed by atoms with Crippen LogP contribution in [0.25, 0.3) is 11.2 Å². The summed E-state index contributed by atoms with van der Waals surface area (Å²) >= 11 is 1.45. The fraction of sp³-hybridized carbons (Fsp3) is 0.465. The Hall–Kier alpha value is -4.28. The number of carbonyl (C=O) groups is 1. The molecule has 308 valence electrons. The Morgan fingerprint density at radius 2 is 1.64 bits per heavy atom. The van der Waals surface area contributed by atoms with E-state index in [4.69, 9.17) is 23.9 Å². The molecule has 1 aliphatic heterocycles. The average Bonchev–Trinajstić information content (AvgIpc) is 3.66. The Kier molecular flexibility index (Phi) is 12.1. The van der Waals surface area contributed by atoms with Gasteiger partial charge in [-0.3, -0.25) is 4.90 Å². The zero-order valence-corrected chi connectivity index (χ0v) is 35.9. The highest BCUT2D eigenvalue weighted by Gasteiger charge is 2.52. The maximum atomic E-state index is 14.4. The van der Waals surface area contributed by atoms with Crippen LogP contribution in [-0.4, -0.2) is 87.3 Å². The van der Waals surface area contributed by atoms with Crippen LogP contribution in [0.3, 0.4) is 0 Å². The number of ether oxygens (including phenoxy) is 2. The maximum absolute atomic E-state index is 14.4. The molecular weight excluding hydrogens is 779 g/mol. The summed E-state index contributed by atoms with van der Waals surface area (Å²) in [5.41, 5.74) is 0.393. The van der Waals surface area contributed by atoms with Crippen molar-refractivity contribution in [2.75, 3.05) is 23.9 Å². The lowest BCUT2D eigenvalue weighted by atomic mass is 10.1. The molecule has 1 aliphatic carbocycles. The van der Waals surface area contributed by atoms with Gasteiger partial charge in [-0.05, 0) is 66.7 Å². The molecule has 5 aromatic rings. The lowest BCUT2D eigenvalue weighted by Gasteiger charge is -2.43. The molecule has 1 saturated heterocycles. The van der Waals surface area contributed by atoms with Crippen molar-refractivity contribution in [3.8, 4) is 0 Å². The van der Waals surface area contributed by atoms with Gasteiger partial charge < -0.3 is 19.0 Å². The van der Waals surface area contributed by atoms with Crippen LogP contribution in [0.2, 0.25) is 5.04 Å². The third-order valence-corrected chi connectivity index (χ3v) is 16.8. The number of aromatic nitrogens is 5. The van der Waals surface area contributed by atoms with E-state index >= 15 is 0 Å². The number of fused-ring (bicyclic) bond motifs is 1. The fourth-order valence-corrected chi connectivity index (χ4v) is 13.3. The summed E-state index contributed by atoms with van der Waals surface area (Å²) in [5.74, 6) is -1.26. The molecule has 11 nitrogen and oxygen atoms in total. The third-order valence-electron chi connectivity index (χ3n) is 10.7. The highest BCUT2D eigenvalue weighted by Crippen LogP contribution is 2.48. The van der Waals surface area contributed by atoms with Crippen LogP contribution in [-0.2, 0) is 13.9 Å². The Morgan fingerprint density at radius 1 is 0.966 bits per heavy atom. The van der Waals surface area contributed by atoms with Gasteiger partial charge in [0.2, 0.25) is 0 Å². The summed E-state index contributed by atoms with van der Waals surface area (Å²) in [5, 5.41) is 22.1. The molecule has 0 unspecified atom stereocenters. The topological polar surface area (TPSA) is 125 Å². The van der Waals surface area contributed by atoms with Gasteiger partial charge in [0, 0.05) is 24.1 Å². The number of hydrogen-bond acceptors (Lipinski definition) is 10. The number of thioether (sulfide) groups is 1. The van der Waals surface area contributed by atoms with Gasteiger partial charge >= 0.3 is 6.09 Å². The second kappa shape index (κ2) is 16.8. The van der Waals surface area contributed by atoms with E-state index in [0.717, 1.165) is 22.9 Å². The minimum atomic E-state index is -2.96. The molecule has 0 radical (unpaired) electrons. The van der Waals surface area contributed by atoms with Crippen LogP contribution in [0.5, 0.6) is 0 Å². The smallest absolute Gasteiger partial charge is 0.416 e. The first kappa shape index (κ1) is 41.9. The number of aliphatic hydroxyl groups is 1. The molecule has 3 aromatic carbocycles. The van der Waals surface area contributed by atoms with Crippen molar-refractivity contribution in [3.05, 3.63) is 96.1 Å². The molecule has 7 rings (SSSR count). The summed E-state index contributed by atoms with van der Waals surface area (Å²) in [6.45, 7) is 14.1. The summed E-state index contributed by atoms with van der Waals surface area (Å²) in [6, 6.07) is 23.6. The Bertz CT molecular complexity index is 2180. The molecule has 2 aromatic heterocycles. The van der Waals surface area contributed by atoms with Crippen molar-refractivity contribution in [2.45, 2.75) is 114 Å². The van der Waals surface area contributed by atoms with Crippen molar-refractivity contribution in [1.82, 2.24) is 25.0 Å². The summed E-state index contributed by atoms with van der Waals surface area (Å²) in [6.07, 6.45) is 0.0520. The van der Waals surface area contributed by atoms with Gasteiger partial charge in [0.1, 0.15) is 11.7 Å². The van der Waals surface area contributed by atoms with E-state index in [1.165, 1.54) is 28.8 Å². The molecule has 15 heteroatoms. The minimum Gasteiger partial charge on any atom is -0.443 e. The van der Waals surface area contributed by atoms with Crippen LogP contribution in [0, 0.1) is 11.6 Å². The van der Waals surface area contributed by atoms with Gasteiger partial charge in [0.05, 0.1) is 25.4 Å². The van der Waals surface area contributed by atoms with Gasteiger partial charge in [0.25, 0.3) is 8.32 Å². The number of halogens is 2. The molecule has 5 atom stereocenters. The zero-order valence-electron chi connectivity index (χ0n) is 34.1. The summed E-state index contributed by atoms with van der Waals surface area (Å²) in [7, 11) is -2.96. The Labute approximate surface area is 343 Å². The number of nitrogens with zero attached hydrogens (tertiary/aromatic N) is 6. The molecule has 2 aliphatic rings. The first-order chi connectivity index (χ1) is 27.6. The zero-order chi connectivity index (χ0) is 41.4. The van der Waals surface area contributed by atoms with Crippen molar-refractivity contribution in [1.29, 1.82) is 0 Å². The van der Waals surface area contributed by atoms with Crippen molar-refractivity contribution < 1.29 is 32.6 Å². The quantitative estimate of drug-likeness (QED) is 0.0722. The van der Waals surface area contributed by atoms with Gasteiger partial charge in [-0.25, -0.2) is 28.2 Å². The highest BCUT2D eigenvalue weighted by molar-refractivity contribution is 7.99. The molecule has 0 spiro atoms. The standard InChI is InChI=1S/C43H52F2N6O5SSi/c1-8-21-57-40-46-38(50(41(53)56-42(2,3)4)34-24-31(34)27-19-20-32(44)33(45)22-27)37-39(47-40)51(49-48-37)35-23-28(25-52)55-36(35)26-54-58(43(5,6)7,29-15-11-9-12-16-29)30-17-13-10-14-18-30/h9-20,22,28,31,34-36,52H,8,21,23-26H2,1-7H3/t28-,31+,34-,35-,36+/m1/s1. The van der Waals surface area contributed by atoms with E-state index in [-0.39, 0.29) is 35.5 Å². The minimum absolute atomic E-state index is 0.198. The molecule has 1 saturated carbocycles. The molecule has 1 N–H and O–H groups in total. The lowest BCUT2D eigenvalue weighted by Crippen LogP contribution is -2.67. The van der Waals surface area contributed by atoms with Crippen LogP contribution in [0.1, 0.15) is 85.3 Å². The first-order valence-electron chi connectivity index (χ1n) is 19.9. The lowest BCUT2D eigenvalue weighted by molar-refractivity contribution is -0.0166. The van der Waals surface area contributed by atoms with Crippen LogP contribution >= 0.6 is 11.8 Å². The van der Waals surface area contributed by atoms with E-state index in [1.807, 2.05) is 36.4 Å². The summed E-state index contributed by atoms with van der Waals surface area (Å²) < 4.78 is 49.9. The fourth-order valence-electron chi connectivity index (χ4n) is 8.01. The molecule has 0 bridgehead atoms. The average molecular weight is 831 g/mol. The third kappa shape index (κ3) is 8.42.